The van der Waals surface area contributed by atoms with E-state index in [4.69, 9.17) is 4.42 Å². The second-order valence-corrected chi connectivity index (χ2v) is 4.93. The fraction of sp³-hybridized carbons (Fsp3) is 0.643. The molecule has 2 heterocycles. The Morgan fingerprint density at radius 2 is 2.39 bits per heavy atom. The average Bonchev–Trinajstić information content (AvgIpc) is 2.99. The van der Waals surface area contributed by atoms with E-state index in [1.54, 1.807) is 6.26 Å². The molecule has 2 atom stereocenters. The van der Waals surface area contributed by atoms with E-state index < -0.39 is 11.5 Å². The molecule has 0 bridgehead atoms. The number of furan rings is 1. The van der Waals surface area contributed by atoms with Crippen LogP contribution in [0.2, 0.25) is 0 Å². The fourth-order valence-corrected chi connectivity index (χ4v) is 3.17. The molecular formula is C14H21NO3. The van der Waals surface area contributed by atoms with E-state index in [0.717, 1.165) is 31.6 Å². The van der Waals surface area contributed by atoms with Crippen LogP contribution < -0.4 is 0 Å². The number of nitrogens with zero attached hydrogens (tertiary/aromatic N) is 1. The third-order valence-electron chi connectivity index (χ3n) is 4.16. The molecule has 0 radical (unpaired) electrons. The minimum atomic E-state index is -0.715. The Hall–Kier alpha value is -1.29. The fourth-order valence-electron chi connectivity index (χ4n) is 3.17. The van der Waals surface area contributed by atoms with Crippen molar-refractivity contribution in [2.24, 2.45) is 0 Å². The molecule has 0 spiro atoms. The van der Waals surface area contributed by atoms with Crippen LogP contribution in [-0.2, 0) is 4.79 Å². The maximum absolute atomic E-state index is 11.7. The molecule has 4 nitrogen and oxygen atoms in total. The van der Waals surface area contributed by atoms with Crippen LogP contribution in [0.1, 0.15) is 51.3 Å². The van der Waals surface area contributed by atoms with Gasteiger partial charge in [-0.25, -0.2) is 0 Å². The van der Waals surface area contributed by atoms with Crippen molar-refractivity contribution in [1.82, 2.24) is 4.90 Å². The Bertz CT molecular complexity index is 401. The Labute approximate surface area is 108 Å². The first kappa shape index (κ1) is 13.1. The minimum absolute atomic E-state index is 0.0681. The molecule has 1 aromatic heterocycles. The summed E-state index contributed by atoms with van der Waals surface area (Å²) in [5, 5.41) is 9.60. The predicted molar refractivity (Wildman–Crippen MR) is 68.3 cm³/mol. The van der Waals surface area contributed by atoms with Crippen LogP contribution in [0.5, 0.6) is 0 Å². The number of likely N-dealkylation sites (tertiary alicyclic amines) is 1. The number of carboxylic acids is 1. The highest BCUT2D eigenvalue weighted by Gasteiger charge is 2.49. The highest BCUT2D eigenvalue weighted by Crippen LogP contribution is 2.40. The molecule has 2 unspecified atom stereocenters. The van der Waals surface area contributed by atoms with Crippen LogP contribution in [0.25, 0.3) is 0 Å². The Kier molecular flexibility index (Phi) is 3.76. The minimum Gasteiger partial charge on any atom is -0.480 e. The molecule has 0 amide bonds. The monoisotopic (exact) mass is 251 g/mol. The van der Waals surface area contributed by atoms with Gasteiger partial charge in [0.05, 0.1) is 12.3 Å². The molecule has 1 saturated heterocycles. The van der Waals surface area contributed by atoms with Crippen molar-refractivity contribution in [3.8, 4) is 0 Å². The van der Waals surface area contributed by atoms with Gasteiger partial charge < -0.3 is 9.52 Å². The Balaban J connectivity index is 2.32. The van der Waals surface area contributed by atoms with Crippen LogP contribution in [0.3, 0.4) is 0 Å². The van der Waals surface area contributed by atoms with Crippen LogP contribution in [0, 0.1) is 0 Å². The van der Waals surface area contributed by atoms with Crippen molar-refractivity contribution in [3.63, 3.8) is 0 Å². The number of carboxylic acid groups (broad SMARTS) is 1. The Morgan fingerprint density at radius 3 is 2.89 bits per heavy atom. The van der Waals surface area contributed by atoms with Gasteiger partial charge in [0.2, 0.25) is 0 Å². The lowest BCUT2D eigenvalue weighted by Gasteiger charge is -2.38. The summed E-state index contributed by atoms with van der Waals surface area (Å²) in [6, 6.07) is 3.87. The van der Waals surface area contributed by atoms with E-state index in [9.17, 15) is 9.90 Å². The van der Waals surface area contributed by atoms with Gasteiger partial charge in [-0.2, -0.15) is 0 Å². The van der Waals surface area contributed by atoms with E-state index >= 15 is 0 Å². The van der Waals surface area contributed by atoms with Gasteiger partial charge in [0.1, 0.15) is 11.3 Å². The van der Waals surface area contributed by atoms with E-state index in [1.807, 2.05) is 19.1 Å². The molecular weight excluding hydrogens is 230 g/mol. The molecule has 1 N–H and O–H groups in total. The zero-order valence-electron chi connectivity index (χ0n) is 11.1. The topological polar surface area (TPSA) is 53.7 Å². The molecule has 1 aliphatic heterocycles. The number of hydrogen-bond acceptors (Lipinski definition) is 3. The summed E-state index contributed by atoms with van der Waals surface area (Å²) >= 11 is 0. The second kappa shape index (κ2) is 5.14. The molecule has 0 aromatic carbocycles. The highest BCUT2D eigenvalue weighted by molar-refractivity contribution is 5.79. The maximum atomic E-state index is 11.7. The van der Waals surface area contributed by atoms with Gasteiger partial charge in [0.25, 0.3) is 0 Å². The summed E-state index contributed by atoms with van der Waals surface area (Å²) in [5.74, 6) is 0.172. The number of rotatable bonds is 5. The van der Waals surface area contributed by atoms with Crippen molar-refractivity contribution in [2.45, 2.75) is 51.1 Å². The van der Waals surface area contributed by atoms with E-state index in [-0.39, 0.29) is 6.04 Å². The SMILES string of the molecule is CCC(c1ccco1)N1CCCC1(CC)C(=O)O. The molecule has 100 valence electrons. The number of carbonyl (C=O) groups is 1. The van der Waals surface area contributed by atoms with E-state index in [2.05, 4.69) is 11.8 Å². The van der Waals surface area contributed by atoms with E-state index in [0.29, 0.717) is 6.42 Å². The third kappa shape index (κ3) is 1.94. The molecule has 1 aromatic rings. The lowest BCUT2D eigenvalue weighted by atomic mass is 9.91. The van der Waals surface area contributed by atoms with Gasteiger partial charge in [-0.05, 0) is 37.8 Å². The first-order valence-electron chi connectivity index (χ1n) is 6.69. The lowest BCUT2D eigenvalue weighted by molar-refractivity contribution is -0.152. The molecule has 4 heteroatoms. The van der Waals surface area contributed by atoms with Crippen LogP contribution in [-0.4, -0.2) is 28.1 Å². The lowest BCUT2D eigenvalue weighted by Crippen LogP contribution is -2.51. The normalized spacial score (nSPS) is 26.3. The second-order valence-electron chi connectivity index (χ2n) is 4.93. The van der Waals surface area contributed by atoms with E-state index in [1.165, 1.54) is 0 Å². The molecule has 0 saturated carbocycles. The van der Waals surface area contributed by atoms with Crippen LogP contribution >= 0.6 is 0 Å². The summed E-state index contributed by atoms with van der Waals surface area (Å²) in [6.07, 6.45) is 4.83. The quantitative estimate of drug-likeness (QED) is 0.873. The average molecular weight is 251 g/mol. The van der Waals surface area contributed by atoms with Crippen molar-refractivity contribution < 1.29 is 14.3 Å². The zero-order chi connectivity index (χ0) is 13.2. The largest absolute Gasteiger partial charge is 0.480 e. The van der Waals surface area contributed by atoms with Gasteiger partial charge in [0, 0.05) is 6.54 Å². The van der Waals surface area contributed by atoms with Gasteiger partial charge in [-0.3, -0.25) is 9.69 Å². The van der Waals surface area contributed by atoms with Gasteiger partial charge >= 0.3 is 5.97 Å². The van der Waals surface area contributed by atoms with Crippen molar-refractivity contribution in [1.29, 1.82) is 0 Å². The van der Waals surface area contributed by atoms with Crippen molar-refractivity contribution in [2.75, 3.05) is 6.54 Å². The predicted octanol–water partition coefficient (Wildman–Crippen LogP) is 3.06. The zero-order valence-corrected chi connectivity index (χ0v) is 11.1. The highest BCUT2D eigenvalue weighted by atomic mass is 16.4. The number of hydrogen-bond donors (Lipinski definition) is 1. The van der Waals surface area contributed by atoms with Crippen molar-refractivity contribution >= 4 is 5.97 Å². The Morgan fingerprint density at radius 1 is 1.61 bits per heavy atom. The first-order valence-corrected chi connectivity index (χ1v) is 6.69. The molecule has 0 aliphatic carbocycles. The van der Waals surface area contributed by atoms with Gasteiger partial charge in [0.15, 0.2) is 0 Å². The van der Waals surface area contributed by atoms with Gasteiger partial charge in [-0.1, -0.05) is 13.8 Å². The third-order valence-corrected chi connectivity index (χ3v) is 4.16. The summed E-state index contributed by atoms with van der Waals surface area (Å²) in [6.45, 7) is 4.87. The summed E-state index contributed by atoms with van der Waals surface area (Å²) in [7, 11) is 0. The maximum Gasteiger partial charge on any atom is 0.324 e. The number of aliphatic carboxylic acids is 1. The van der Waals surface area contributed by atoms with Gasteiger partial charge in [-0.15, -0.1) is 0 Å². The smallest absolute Gasteiger partial charge is 0.324 e. The molecule has 1 fully saturated rings. The molecule has 18 heavy (non-hydrogen) atoms. The summed E-state index contributed by atoms with van der Waals surface area (Å²) in [5.41, 5.74) is -0.715. The standard InChI is InChI=1S/C14H21NO3/c1-3-11(12-7-5-10-18-12)15-9-6-8-14(15,4-2)13(16)17/h5,7,10-11H,3-4,6,8-9H2,1-2H3,(H,16,17). The van der Waals surface area contributed by atoms with Crippen LogP contribution in [0.4, 0.5) is 0 Å². The summed E-state index contributed by atoms with van der Waals surface area (Å²) in [4.78, 5) is 13.8. The molecule has 2 rings (SSSR count). The molecule has 1 aliphatic rings. The van der Waals surface area contributed by atoms with Crippen LogP contribution in [0.15, 0.2) is 22.8 Å². The van der Waals surface area contributed by atoms with Crippen molar-refractivity contribution in [3.05, 3.63) is 24.2 Å². The summed E-state index contributed by atoms with van der Waals surface area (Å²) < 4.78 is 5.48. The first-order chi connectivity index (χ1) is 8.65.